The fourth-order valence-corrected chi connectivity index (χ4v) is 1.83. The van der Waals surface area contributed by atoms with Gasteiger partial charge in [0.2, 0.25) is 5.91 Å². The summed E-state index contributed by atoms with van der Waals surface area (Å²) in [6.07, 6.45) is 4.76. The van der Waals surface area contributed by atoms with Crippen LogP contribution in [0.5, 0.6) is 0 Å². The van der Waals surface area contributed by atoms with Crippen LogP contribution in [0.1, 0.15) is 46.5 Å². The van der Waals surface area contributed by atoms with Crippen molar-refractivity contribution in [3.63, 3.8) is 0 Å². The highest BCUT2D eigenvalue weighted by molar-refractivity contribution is 5.85. The Labute approximate surface area is 86.9 Å². The quantitative estimate of drug-likeness (QED) is 0.701. The van der Waals surface area contributed by atoms with Crippen LogP contribution in [0.4, 0.5) is 0 Å². The van der Waals surface area contributed by atoms with Gasteiger partial charge in [-0.25, -0.2) is 0 Å². The van der Waals surface area contributed by atoms with Crippen molar-refractivity contribution in [1.29, 1.82) is 0 Å². The van der Waals surface area contributed by atoms with Gasteiger partial charge in [0.15, 0.2) is 0 Å². The molecule has 0 spiro atoms. The van der Waals surface area contributed by atoms with E-state index in [0.717, 1.165) is 12.8 Å². The zero-order valence-electron chi connectivity index (χ0n) is 8.72. The van der Waals surface area contributed by atoms with E-state index in [1.807, 2.05) is 0 Å². The van der Waals surface area contributed by atoms with E-state index in [1.54, 1.807) is 6.92 Å². The van der Waals surface area contributed by atoms with Crippen LogP contribution < -0.4 is 5.32 Å². The summed E-state index contributed by atoms with van der Waals surface area (Å²) in [6.45, 7) is 6.20. The maximum atomic E-state index is 10.8. The third kappa shape index (κ3) is 4.51. The highest BCUT2D eigenvalue weighted by Gasteiger charge is 2.26. The summed E-state index contributed by atoms with van der Waals surface area (Å²) < 4.78 is 0. The molecular weight excluding hydrogens is 186 g/mol. The molecule has 78 valence electrons. The molecule has 0 atom stereocenters. The van der Waals surface area contributed by atoms with Crippen molar-refractivity contribution in [1.82, 2.24) is 5.32 Å². The molecule has 3 heteroatoms. The van der Waals surface area contributed by atoms with Crippen LogP contribution >= 0.6 is 12.4 Å². The van der Waals surface area contributed by atoms with Gasteiger partial charge < -0.3 is 5.32 Å². The summed E-state index contributed by atoms with van der Waals surface area (Å²) in [7, 11) is 0. The monoisotopic (exact) mass is 205 g/mol. The smallest absolute Gasteiger partial charge is 0.217 e. The molecule has 1 rings (SSSR count). The largest absolute Gasteiger partial charge is 0.354 e. The molecule has 13 heavy (non-hydrogen) atoms. The van der Waals surface area contributed by atoms with Crippen LogP contribution in [-0.4, -0.2) is 11.9 Å². The first kappa shape index (κ1) is 12.8. The minimum absolute atomic E-state index is 0. The third-order valence-electron chi connectivity index (χ3n) is 2.75. The third-order valence-corrected chi connectivity index (χ3v) is 2.75. The Morgan fingerprint density at radius 2 is 1.77 bits per heavy atom. The van der Waals surface area contributed by atoms with Crippen LogP contribution in [0, 0.1) is 5.41 Å². The molecule has 0 unspecified atom stereocenters. The number of carbonyl (C=O) groups is 1. The molecule has 0 aromatic carbocycles. The zero-order valence-corrected chi connectivity index (χ0v) is 9.54. The summed E-state index contributed by atoms with van der Waals surface area (Å²) in [6, 6.07) is 0.440. The van der Waals surface area contributed by atoms with Crippen molar-refractivity contribution in [3.8, 4) is 0 Å². The van der Waals surface area contributed by atoms with Gasteiger partial charge in [0, 0.05) is 13.0 Å². The summed E-state index contributed by atoms with van der Waals surface area (Å²) in [5.74, 6) is 0.111. The molecule has 0 aliphatic heterocycles. The van der Waals surface area contributed by atoms with Gasteiger partial charge in [-0.3, -0.25) is 4.79 Å². The van der Waals surface area contributed by atoms with Crippen LogP contribution in [0.3, 0.4) is 0 Å². The molecule has 1 amide bonds. The number of hydrogen-bond donors (Lipinski definition) is 1. The Bertz CT molecular complexity index is 170. The number of nitrogens with one attached hydrogen (secondary N) is 1. The molecule has 0 radical (unpaired) electrons. The van der Waals surface area contributed by atoms with Gasteiger partial charge in [-0.1, -0.05) is 13.8 Å². The second-order valence-corrected chi connectivity index (χ2v) is 4.64. The van der Waals surface area contributed by atoms with Gasteiger partial charge in [0.1, 0.15) is 0 Å². The first-order chi connectivity index (χ1) is 5.49. The van der Waals surface area contributed by atoms with Crippen molar-refractivity contribution in [2.45, 2.75) is 52.5 Å². The van der Waals surface area contributed by atoms with E-state index in [4.69, 9.17) is 0 Å². The minimum atomic E-state index is 0. The molecule has 0 aromatic heterocycles. The first-order valence-corrected chi connectivity index (χ1v) is 4.77. The van der Waals surface area contributed by atoms with Crippen molar-refractivity contribution in [3.05, 3.63) is 0 Å². The lowest BCUT2D eigenvalue weighted by molar-refractivity contribution is -0.120. The van der Waals surface area contributed by atoms with Crippen molar-refractivity contribution in [2.24, 2.45) is 5.41 Å². The molecule has 1 fully saturated rings. The van der Waals surface area contributed by atoms with Crippen molar-refractivity contribution < 1.29 is 4.79 Å². The molecule has 1 N–H and O–H groups in total. The SMILES string of the molecule is CC(=O)NC1CCC(C)(C)CC1.Cl. The molecular formula is C10H20ClNO. The van der Waals surface area contributed by atoms with E-state index in [9.17, 15) is 4.79 Å². The van der Waals surface area contributed by atoms with E-state index in [0.29, 0.717) is 11.5 Å². The number of halogens is 1. The molecule has 2 nitrogen and oxygen atoms in total. The Morgan fingerprint density at radius 1 is 1.31 bits per heavy atom. The number of hydrogen-bond acceptors (Lipinski definition) is 1. The minimum Gasteiger partial charge on any atom is -0.354 e. The van der Waals surface area contributed by atoms with Crippen LogP contribution in [0.25, 0.3) is 0 Å². The first-order valence-electron chi connectivity index (χ1n) is 4.77. The van der Waals surface area contributed by atoms with Crippen LogP contribution in [0.2, 0.25) is 0 Å². The second-order valence-electron chi connectivity index (χ2n) is 4.64. The topological polar surface area (TPSA) is 29.1 Å². The van der Waals surface area contributed by atoms with Crippen molar-refractivity contribution >= 4 is 18.3 Å². The van der Waals surface area contributed by atoms with E-state index in [1.165, 1.54) is 12.8 Å². The van der Waals surface area contributed by atoms with E-state index < -0.39 is 0 Å². The summed E-state index contributed by atoms with van der Waals surface area (Å²) in [5.41, 5.74) is 0.495. The summed E-state index contributed by atoms with van der Waals surface area (Å²) in [4.78, 5) is 10.8. The second kappa shape index (κ2) is 4.85. The fourth-order valence-electron chi connectivity index (χ4n) is 1.83. The van der Waals surface area contributed by atoms with Gasteiger partial charge in [-0.05, 0) is 31.1 Å². The van der Waals surface area contributed by atoms with Gasteiger partial charge in [-0.15, -0.1) is 12.4 Å². The molecule has 0 saturated heterocycles. The number of rotatable bonds is 1. The molecule has 1 aliphatic carbocycles. The molecule has 0 bridgehead atoms. The predicted molar refractivity (Wildman–Crippen MR) is 57.1 cm³/mol. The maximum absolute atomic E-state index is 10.8. The Kier molecular flexibility index (Phi) is 4.76. The van der Waals surface area contributed by atoms with Crippen LogP contribution in [-0.2, 0) is 4.79 Å². The number of carbonyl (C=O) groups excluding carboxylic acids is 1. The molecule has 1 saturated carbocycles. The van der Waals surface area contributed by atoms with E-state index in [2.05, 4.69) is 19.2 Å². The highest BCUT2D eigenvalue weighted by atomic mass is 35.5. The average Bonchev–Trinajstić information content (AvgIpc) is 1.93. The van der Waals surface area contributed by atoms with Gasteiger partial charge >= 0.3 is 0 Å². The maximum Gasteiger partial charge on any atom is 0.217 e. The average molecular weight is 206 g/mol. The Balaban J connectivity index is 0.00000144. The van der Waals surface area contributed by atoms with Gasteiger partial charge in [0.05, 0.1) is 0 Å². The van der Waals surface area contributed by atoms with Gasteiger partial charge in [-0.2, -0.15) is 0 Å². The van der Waals surface area contributed by atoms with E-state index in [-0.39, 0.29) is 18.3 Å². The lowest BCUT2D eigenvalue weighted by atomic mass is 9.75. The lowest BCUT2D eigenvalue weighted by Gasteiger charge is -2.34. The Hall–Kier alpha value is -0.240. The lowest BCUT2D eigenvalue weighted by Crippen LogP contribution is -2.37. The van der Waals surface area contributed by atoms with Gasteiger partial charge in [0.25, 0.3) is 0 Å². The molecule has 0 heterocycles. The summed E-state index contributed by atoms with van der Waals surface area (Å²) >= 11 is 0. The Morgan fingerprint density at radius 3 is 2.15 bits per heavy atom. The van der Waals surface area contributed by atoms with Crippen molar-refractivity contribution in [2.75, 3.05) is 0 Å². The highest BCUT2D eigenvalue weighted by Crippen LogP contribution is 2.34. The standard InChI is InChI=1S/C10H19NO.ClH/c1-8(12)11-9-4-6-10(2,3)7-5-9;/h9H,4-7H2,1-3H3,(H,11,12);1H. The zero-order chi connectivity index (χ0) is 9.19. The fraction of sp³-hybridized carbons (Fsp3) is 0.900. The van der Waals surface area contributed by atoms with E-state index >= 15 is 0 Å². The van der Waals surface area contributed by atoms with Crippen LogP contribution in [0.15, 0.2) is 0 Å². The molecule has 1 aliphatic rings. The normalized spacial score (nSPS) is 21.8. The number of amides is 1. The predicted octanol–water partition coefficient (Wildman–Crippen LogP) is 2.51. The summed E-state index contributed by atoms with van der Waals surface area (Å²) in [5, 5.41) is 2.98. The molecule has 0 aromatic rings.